The highest BCUT2D eigenvalue weighted by Crippen LogP contribution is 2.26. The fraction of sp³-hybridized carbons (Fsp3) is 0.600. The Hall–Kier alpha value is -0.540. The fourth-order valence-electron chi connectivity index (χ4n) is 2.46. The van der Waals surface area contributed by atoms with Crippen LogP contribution in [-0.4, -0.2) is 17.5 Å². The van der Waals surface area contributed by atoms with Crippen LogP contribution in [-0.2, 0) is 0 Å². The summed E-state index contributed by atoms with van der Waals surface area (Å²) >= 11 is 2.04. The lowest BCUT2D eigenvalue weighted by Crippen LogP contribution is -2.37. The monoisotopic (exact) mass is 267 g/mol. The van der Waals surface area contributed by atoms with Gasteiger partial charge in [-0.25, -0.2) is 4.39 Å². The molecule has 0 bridgehead atoms. The minimum atomic E-state index is -0.157. The third kappa shape index (κ3) is 3.72. The van der Waals surface area contributed by atoms with Crippen molar-refractivity contribution in [2.45, 2.75) is 38.8 Å². The highest BCUT2D eigenvalue weighted by molar-refractivity contribution is 7.99. The molecule has 1 fully saturated rings. The minimum absolute atomic E-state index is 0.157. The maximum absolute atomic E-state index is 13.0. The summed E-state index contributed by atoms with van der Waals surface area (Å²) in [6, 6.07) is 7.88. The molecule has 1 aliphatic heterocycles. The van der Waals surface area contributed by atoms with Crippen LogP contribution < -0.4 is 5.32 Å². The van der Waals surface area contributed by atoms with Gasteiger partial charge in [-0.1, -0.05) is 26.0 Å². The van der Waals surface area contributed by atoms with Crippen molar-refractivity contribution in [1.82, 2.24) is 5.32 Å². The molecule has 3 heteroatoms. The van der Waals surface area contributed by atoms with Gasteiger partial charge in [-0.05, 0) is 48.0 Å². The molecule has 1 aliphatic rings. The Labute approximate surface area is 114 Å². The first-order chi connectivity index (χ1) is 8.66. The lowest BCUT2D eigenvalue weighted by Gasteiger charge is -2.31. The molecule has 0 saturated carbocycles. The first-order valence-electron chi connectivity index (χ1n) is 6.76. The van der Waals surface area contributed by atoms with Crippen LogP contribution in [0, 0.1) is 11.7 Å². The number of benzene rings is 1. The van der Waals surface area contributed by atoms with Crippen molar-refractivity contribution in [3.63, 3.8) is 0 Å². The minimum Gasteiger partial charge on any atom is -0.307 e. The summed E-state index contributed by atoms with van der Waals surface area (Å²) in [7, 11) is 0. The molecule has 0 aliphatic carbocycles. The Morgan fingerprint density at radius 3 is 2.33 bits per heavy atom. The zero-order valence-electron chi connectivity index (χ0n) is 11.2. The summed E-state index contributed by atoms with van der Waals surface area (Å²) < 4.78 is 13.0. The molecule has 1 N–H and O–H groups in total. The molecule has 1 saturated heterocycles. The van der Waals surface area contributed by atoms with Crippen LogP contribution in [0.2, 0.25) is 0 Å². The highest BCUT2D eigenvalue weighted by Gasteiger charge is 2.21. The second-order valence-corrected chi connectivity index (χ2v) is 6.55. The Morgan fingerprint density at radius 1 is 1.17 bits per heavy atom. The lowest BCUT2D eigenvalue weighted by molar-refractivity contribution is 0.346. The van der Waals surface area contributed by atoms with Crippen molar-refractivity contribution in [3.05, 3.63) is 35.6 Å². The average molecular weight is 267 g/mol. The van der Waals surface area contributed by atoms with E-state index in [1.54, 1.807) is 12.1 Å². The number of hydrogen-bond donors (Lipinski definition) is 1. The van der Waals surface area contributed by atoms with Crippen molar-refractivity contribution in [2.24, 2.45) is 5.92 Å². The third-order valence-electron chi connectivity index (χ3n) is 3.53. The van der Waals surface area contributed by atoms with Gasteiger partial charge in [-0.2, -0.15) is 11.8 Å². The van der Waals surface area contributed by atoms with Gasteiger partial charge in [0.25, 0.3) is 0 Å². The smallest absolute Gasteiger partial charge is 0.123 e. The fourth-order valence-corrected chi connectivity index (χ4v) is 3.57. The van der Waals surface area contributed by atoms with E-state index in [0.29, 0.717) is 18.0 Å². The van der Waals surface area contributed by atoms with Crippen LogP contribution in [0.4, 0.5) is 4.39 Å². The van der Waals surface area contributed by atoms with Crippen LogP contribution in [0.25, 0.3) is 0 Å². The zero-order valence-corrected chi connectivity index (χ0v) is 12.0. The molecule has 0 aromatic heterocycles. The molecule has 0 radical (unpaired) electrons. The van der Waals surface area contributed by atoms with E-state index in [1.807, 2.05) is 23.9 Å². The normalized spacial score (nSPS) is 19.1. The standard InChI is InChI=1S/C15H22FNS/c1-11(2)15(12-3-5-13(16)6-4-12)17-14-7-9-18-10-8-14/h3-6,11,14-15,17H,7-10H2,1-2H3. The number of nitrogens with one attached hydrogen (secondary N) is 1. The van der Waals surface area contributed by atoms with E-state index < -0.39 is 0 Å². The van der Waals surface area contributed by atoms with Gasteiger partial charge in [0, 0.05) is 12.1 Å². The molecule has 1 aromatic carbocycles. The first kappa shape index (κ1) is 13.9. The van der Waals surface area contributed by atoms with Gasteiger partial charge in [0.1, 0.15) is 5.82 Å². The molecule has 1 nitrogen and oxygen atoms in total. The maximum atomic E-state index is 13.0. The second-order valence-electron chi connectivity index (χ2n) is 5.33. The lowest BCUT2D eigenvalue weighted by atomic mass is 9.94. The van der Waals surface area contributed by atoms with E-state index >= 15 is 0 Å². The topological polar surface area (TPSA) is 12.0 Å². The number of halogens is 1. The number of rotatable bonds is 4. The molecule has 0 amide bonds. The average Bonchev–Trinajstić information content (AvgIpc) is 2.38. The summed E-state index contributed by atoms with van der Waals surface area (Å²) in [5.41, 5.74) is 1.20. The summed E-state index contributed by atoms with van der Waals surface area (Å²) in [5.74, 6) is 2.87. The molecule has 18 heavy (non-hydrogen) atoms. The van der Waals surface area contributed by atoms with Gasteiger partial charge in [0.15, 0.2) is 0 Å². The summed E-state index contributed by atoms with van der Waals surface area (Å²) in [6.45, 7) is 4.44. The Bertz CT molecular complexity index is 357. The van der Waals surface area contributed by atoms with Crippen molar-refractivity contribution in [2.75, 3.05) is 11.5 Å². The SMILES string of the molecule is CC(C)C(NC1CCSCC1)c1ccc(F)cc1. The van der Waals surface area contributed by atoms with E-state index in [2.05, 4.69) is 19.2 Å². The van der Waals surface area contributed by atoms with Crippen LogP contribution >= 0.6 is 11.8 Å². The van der Waals surface area contributed by atoms with Crippen LogP contribution in [0.1, 0.15) is 38.3 Å². The highest BCUT2D eigenvalue weighted by atomic mass is 32.2. The molecule has 100 valence electrons. The van der Waals surface area contributed by atoms with Crippen LogP contribution in [0.5, 0.6) is 0 Å². The number of thioether (sulfide) groups is 1. The quantitative estimate of drug-likeness (QED) is 0.884. The van der Waals surface area contributed by atoms with E-state index in [0.717, 1.165) is 0 Å². The zero-order chi connectivity index (χ0) is 13.0. The van der Waals surface area contributed by atoms with Crippen molar-refractivity contribution in [1.29, 1.82) is 0 Å². The molecule has 1 atom stereocenters. The molecule has 1 aromatic rings. The van der Waals surface area contributed by atoms with E-state index in [9.17, 15) is 4.39 Å². The predicted octanol–water partition coefficient (Wildman–Crippen LogP) is 4.01. The maximum Gasteiger partial charge on any atom is 0.123 e. The van der Waals surface area contributed by atoms with Crippen molar-refractivity contribution < 1.29 is 4.39 Å². The first-order valence-corrected chi connectivity index (χ1v) is 7.91. The summed E-state index contributed by atoms with van der Waals surface area (Å²) in [6.07, 6.45) is 2.49. The molecule has 1 heterocycles. The summed E-state index contributed by atoms with van der Waals surface area (Å²) in [4.78, 5) is 0. The molecule has 2 rings (SSSR count). The van der Waals surface area contributed by atoms with E-state index in [1.165, 1.54) is 29.9 Å². The Morgan fingerprint density at radius 2 is 1.78 bits per heavy atom. The Kier molecular flexibility index (Phi) is 5.07. The third-order valence-corrected chi connectivity index (χ3v) is 4.58. The van der Waals surface area contributed by atoms with E-state index in [-0.39, 0.29) is 5.82 Å². The van der Waals surface area contributed by atoms with Gasteiger partial charge >= 0.3 is 0 Å². The largest absolute Gasteiger partial charge is 0.307 e. The van der Waals surface area contributed by atoms with Gasteiger partial charge in [0.2, 0.25) is 0 Å². The van der Waals surface area contributed by atoms with Gasteiger partial charge < -0.3 is 5.32 Å². The molecular weight excluding hydrogens is 245 g/mol. The van der Waals surface area contributed by atoms with Crippen molar-refractivity contribution >= 4 is 11.8 Å². The molecular formula is C15H22FNS. The molecule has 1 unspecified atom stereocenters. The Balaban J connectivity index is 2.05. The second kappa shape index (κ2) is 6.58. The van der Waals surface area contributed by atoms with Crippen molar-refractivity contribution in [3.8, 4) is 0 Å². The summed E-state index contributed by atoms with van der Waals surface area (Å²) in [5, 5.41) is 3.76. The van der Waals surface area contributed by atoms with Crippen LogP contribution in [0.3, 0.4) is 0 Å². The molecule has 0 spiro atoms. The van der Waals surface area contributed by atoms with Gasteiger partial charge in [-0.3, -0.25) is 0 Å². The number of hydrogen-bond acceptors (Lipinski definition) is 2. The van der Waals surface area contributed by atoms with Crippen LogP contribution in [0.15, 0.2) is 24.3 Å². The van der Waals surface area contributed by atoms with E-state index in [4.69, 9.17) is 0 Å². The predicted molar refractivity (Wildman–Crippen MR) is 77.5 cm³/mol. The van der Waals surface area contributed by atoms with Gasteiger partial charge in [0.05, 0.1) is 0 Å². The van der Waals surface area contributed by atoms with Gasteiger partial charge in [-0.15, -0.1) is 0 Å².